The number of anilines is 1. The summed E-state index contributed by atoms with van der Waals surface area (Å²) in [7, 11) is 0. The molecule has 3 nitrogen and oxygen atoms in total. The standard InChI is InChI=1S/C10H14BrF2N3/c1-7-8(11)2-3-10(15-7)16(5-4-14)6-9(12)13/h2-3,9H,4-6,14H2,1H3. The van der Waals surface area contributed by atoms with Crippen molar-refractivity contribution in [3.8, 4) is 0 Å². The molecule has 2 N–H and O–H groups in total. The van der Waals surface area contributed by atoms with Crippen LogP contribution in [-0.4, -0.2) is 31.0 Å². The van der Waals surface area contributed by atoms with Crippen LogP contribution in [0.1, 0.15) is 5.69 Å². The van der Waals surface area contributed by atoms with E-state index in [2.05, 4.69) is 20.9 Å². The van der Waals surface area contributed by atoms with Gasteiger partial charge >= 0.3 is 0 Å². The molecule has 1 rings (SSSR count). The van der Waals surface area contributed by atoms with Crippen LogP contribution in [0.5, 0.6) is 0 Å². The zero-order valence-corrected chi connectivity index (χ0v) is 10.5. The summed E-state index contributed by atoms with van der Waals surface area (Å²) in [4.78, 5) is 5.73. The lowest BCUT2D eigenvalue weighted by Gasteiger charge is -2.23. The van der Waals surface area contributed by atoms with E-state index in [4.69, 9.17) is 5.73 Å². The van der Waals surface area contributed by atoms with Gasteiger partial charge < -0.3 is 10.6 Å². The molecule has 0 saturated heterocycles. The number of hydrogen-bond donors (Lipinski definition) is 1. The van der Waals surface area contributed by atoms with Crippen molar-refractivity contribution in [1.29, 1.82) is 0 Å². The van der Waals surface area contributed by atoms with E-state index >= 15 is 0 Å². The second-order valence-corrected chi connectivity index (χ2v) is 4.22. The molecule has 0 atom stereocenters. The third-order valence-electron chi connectivity index (χ3n) is 2.09. The Bertz CT molecular complexity index is 347. The molecule has 6 heteroatoms. The number of aromatic nitrogens is 1. The summed E-state index contributed by atoms with van der Waals surface area (Å²) in [6.07, 6.45) is -2.39. The second kappa shape index (κ2) is 6.10. The third-order valence-corrected chi connectivity index (χ3v) is 2.93. The lowest BCUT2D eigenvalue weighted by atomic mass is 10.3. The van der Waals surface area contributed by atoms with Crippen molar-refractivity contribution in [2.75, 3.05) is 24.5 Å². The van der Waals surface area contributed by atoms with E-state index in [0.29, 0.717) is 18.9 Å². The van der Waals surface area contributed by atoms with Gasteiger partial charge in [0.25, 0.3) is 6.43 Å². The third kappa shape index (κ3) is 3.68. The van der Waals surface area contributed by atoms with Crippen molar-refractivity contribution in [3.05, 3.63) is 22.3 Å². The lowest BCUT2D eigenvalue weighted by Crippen LogP contribution is -2.34. The average molecular weight is 294 g/mol. The summed E-state index contributed by atoms with van der Waals surface area (Å²) >= 11 is 3.31. The van der Waals surface area contributed by atoms with Crippen LogP contribution in [0, 0.1) is 6.92 Å². The van der Waals surface area contributed by atoms with Crippen LogP contribution >= 0.6 is 15.9 Å². The molecule has 0 aromatic carbocycles. The van der Waals surface area contributed by atoms with Gasteiger partial charge in [0.1, 0.15) is 5.82 Å². The first kappa shape index (κ1) is 13.3. The maximum atomic E-state index is 12.4. The summed E-state index contributed by atoms with van der Waals surface area (Å²) in [5.74, 6) is 0.534. The van der Waals surface area contributed by atoms with Crippen molar-refractivity contribution in [2.24, 2.45) is 5.73 Å². The minimum atomic E-state index is -2.39. The number of halogens is 3. The molecule has 1 heterocycles. The molecule has 0 spiro atoms. The number of nitrogens with two attached hydrogens (primary N) is 1. The minimum absolute atomic E-state index is 0.323. The molecule has 0 aliphatic heterocycles. The predicted molar refractivity (Wildman–Crippen MR) is 63.9 cm³/mol. The zero-order valence-electron chi connectivity index (χ0n) is 8.96. The van der Waals surface area contributed by atoms with E-state index in [1.54, 1.807) is 12.1 Å². The Balaban J connectivity index is 2.87. The topological polar surface area (TPSA) is 42.2 Å². The highest BCUT2D eigenvalue weighted by molar-refractivity contribution is 9.10. The van der Waals surface area contributed by atoms with Crippen LogP contribution in [-0.2, 0) is 0 Å². The summed E-state index contributed by atoms with van der Waals surface area (Å²) in [5.41, 5.74) is 6.16. The van der Waals surface area contributed by atoms with Crippen molar-refractivity contribution >= 4 is 21.7 Å². The summed E-state index contributed by atoms with van der Waals surface area (Å²) < 4.78 is 25.6. The van der Waals surface area contributed by atoms with Crippen LogP contribution in [0.4, 0.5) is 14.6 Å². The maximum Gasteiger partial charge on any atom is 0.255 e. The molecule has 0 aliphatic rings. The Morgan fingerprint density at radius 3 is 2.69 bits per heavy atom. The Hall–Kier alpha value is -0.750. The molecule has 1 aromatic heterocycles. The number of rotatable bonds is 5. The second-order valence-electron chi connectivity index (χ2n) is 3.36. The van der Waals surface area contributed by atoms with E-state index in [1.165, 1.54) is 4.90 Å². The molecule has 0 unspecified atom stereocenters. The average Bonchev–Trinajstić information content (AvgIpc) is 2.21. The molecule has 0 radical (unpaired) electrons. The van der Waals surface area contributed by atoms with Gasteiger partial charge in [-0.1, -0.05) is 0 Å². The van der Waals surface area contributed by atoms with Crippen LogP contribution in [0.3, 0.4) is 0 Å². The fourth-order valence-corrected chi connectivity index (χ4v) is 1.55. The minimum Gasteiger partial charge on any atom is -0.350 e. The molecular formula is C10H14BrF2N3. The molecule has 0 saturated carbocycles. The Labute approximate surface area is 102 Å². The van der Waals surface area contributed by atoms with E-state index in [9.17, 15) is 8.78 Å². The van der Waals surface area contributed by atoms with Crippen LogP contribution in [0.25, 0.3) is 0 Å². The number of pyridine rings is 1. The quantitative estimate of drug-likeness (QED) is 0.905. The summed E-state index contributed by atoms with van der Waals surface area (Å²) in [5, 5.41) is 0. The normalized spacial score (nSPS) is 10.9. The number of nitrogens with zero attached hydrogens (tertiary/aromatic N) is 2. The summed E-state index contributed by atoms with van der Waals surface area (Å²) in [6, 6.07) is 3.50. The maximum absolute atomic E-state index is 12.4. The highest BCUT2D eigenvalue weighted by atomic mass is 79.9. The Kier molecular flexibility index (Phi) is 5.08. The predicted octanol–water partition coefficient (Wildman–Crippen LogP) is 2.18. The first-order valence-electron chi connectivity index (χ1n) is 4.91. The van der Waals surface area contributed by atoms with Gasteiger partial charge in [-0.05, 0) is 35.0 Å². The molecular weight excluding hydrogens is 280 g/mol. The van der Waals surface area contributed by atoms with Crippen LogP contribution < -0.4 is 10.6 Å². The molecule has 1 aromatic rings. The fraction of sp³-hybridized carbons (Fsp3) is 0.500. The van der Waals surface area contributed by atoms with Gasteiger partial charge in [-0.25, -0.2) is 13.8 Å². The zero-order chi connectivity index (χ0) is 12.1. The van der Waals surface area contributed by atoms with Gasteiger partial charge in [-0.2, -0.15) is 0 Å². The van der Waals surface area contributed by atoms with Gasteiger partial charge in [0.05, 0.1) is 12.2 Å². The first-order valence-corrected chi connectivity index (χ1v) is 5.70. The van der Waals surface area contributed by atoms with Crippen molar-refractivity contribution in [2.45, 2.75) is 13.3 Å². The molecule has 0 bridgehead atoms. The van der Waals surface area contributed by atoms with Gasteiger partial charge in [0.2, 0.25) is 0 Å². The first-order chi connectivity index (χ1) is 7.54. The number of aryl methyl sites for hydroxylation is 1. The van der Waals surface area contributed by atoms with Crippen molar-refractivity contribution < 1.29 is 8.78 Å². The highest BCUT2D eigenvalue weighted by Crippen LogP contribution is 2.19. The monoisotopic (exact) mass is 293 g/mol. The van der Waals surface area contributed by atoms with Gasteiger partial charge in [-0.3, -0.25) is 0 Å². The smallest absolute Gasteiger partial charge is 0.255 e. The van der Waals surface area contributed by atoms with E-state index < -0.39 is 6.43 Å². The molecule has 0 amide bonds. The van der Waals surface area contributed by atoms with E-state index in [0.717, 1.165) is 10.2 Å². The largest absolute Gasteiger partial charge is 0.350 e. The molecule has 0 aliphatic carbocycles. The SMILES string of the molecule is Cc1nc(N(CCN)CC(F)F)ccc1Br. The van der Waals surface area contributed by atoms with E-state index in [-0.39, 0.29) is 6.54 Å². The fourth-order valence-electron chi connectivity index (χ4n) is 1.33. The van der Waals surface area contributed by atoms with E-state index in [1.807, 2.05) is 6.92 Å². The van der Waals surface area contributed by atoms with Crippen LogP contribution in [0.2, 0.25) is 0 Å². The lowest BCUT2D eigenvalue weighted by molar-refractivity contribution is 0.154. The number of hydrogen-bond acceptors (Lipinski definition) is 3. The Morgan fingerprint density at radius 2 is 2.19 bits per heavy atom. The van der Waals surface area contributed by atoms with Crippen molar-refractivity contribution in [1.82, 2.24) is 4.98 Å². The van der Waals surface area contributed by atoms with Gasteiger partial charge in [-0.15, -0.1) is 0 Å². The van der Waals surface area contributed by atoms with Gasteiger partial charge in [0, 0.05) is 17.6 Å². The van der Waals surface area contributed by atoms with Gasteiger partial charge in [0.15, 0.2) is 0 Å². The summed E-state index contributed by atoms with van der Waals surface area (Å²) in [6.45, 7) is 2.17. The highest BCUT2D eigenvalue weighted by Gasteiger charge is 2.13. The number of alkyl halides is 2. The van der Waals surface area contributed by atoms with Crippen LogP contribution in [0.15, 0.2) is 16.6 Å². The molecule has 16 heavy (non-hydrogen) atoms. The Morgan fingerprint density at radius 1 is 1.50 bits per heavy atom. The molecule has 0 fully saturated rings. The molecule has 90 valence electrons. The van der Waals surface area contributed by atoms with Crippen molar-refractivity contribution in [3.63, 3.8) is 0 Å².